The zero-order valence-corrected chi connectivity index (χ0v) is 17.3. The van der Waals surface area contributed by atoms with E-state index in [4.69, 9.17) is 0 Å². The van der Waals surface area contributed by atoms with Crippen LogP contribution in [0.2, 0.25) is 0 Å². The highest BCUT2D eigenvalue weighted by molar-refractivity contribution is 7.15. The zero-order valence-electron chi connectivity index (χ0n) is 15.7. The fraction of sp³-hybridized carbons (Fsp3) is 0.500. The van der Waals surface area contributed by atoms with Crippen molar-refractivity contribution in [2.75, 3.05) is 25.0 Å². The first-order chi connectivity index (χ1) is 13.2. The molecule has 2 aromatic rings. The molecule has 0 radical (unpaired) electrons. The number of hydrogen-bond acceptors (Lipinski definition) is 5. The number of nitrogens with zero attached hydrogens (tertiary/aromatic N) is 2. The minimum absolute atomic E-state index is 0. The van der Waals surface area contributed by atoms with E-state index in [-0.39, 0.29) is 30.2 Å². The monoisotopic (exact) mass is 424 g/mol. The first-order valence-corrected chi connectivity index (χ1v) is 10.5. The summed E-state index contributed by atoms with van der Waals surface area (Å²) in [7, 11) is 0. The van der Waals surface area contributed by atoms with Crippen LogP contribution in [0.4, 0.5) is 9.52 Å². The second-order valence-electron chi connectivity index (χ2n) is 7.34. The maximum absolute atomic E-state index is 13.1. The lowest BCUT2D eigenvalue weighted by molar-refractivity contribution is -0.120. The molecule has 152 valence electrons. The Balaban J connectivity index is 0.00000225. The predicted octanol–water partition coefficient (Wildman–Crippen LogP) is 3.77. The number of nitrogens with one attached hydrogen (secondary N) is 2. The third kappa shape index (κ3) is 5.08. The molecule has 1 atom stereocenters. The highest BCUT2D eigenvalue weighted by Crippen LogP contribution is 2.32. The number of thiazole rings is 1. The summed E-state index contributed by atoms with van der Waals surface area (Å²) in [4.78, 5) is 20.7. The third-order valence-corrected chi connectivity index (χ3v) is 6.54. The van der Waals surface area contributed by atoms with Gasteiger partial charge in [0.05, 0.1) is 6.04 Å². The van der Waals surface area contributed by atoms with Crippen LogP contribution in [0, 0.1) is 5.82 Å². The first-order valence-electron chi connectivity index (χ1n) is 9.65. The maximum Gasteiger partial charge on any atom is 0.243 e. The number of likely N-dealkylation sites (tertiary alicyclic amines) is 1. The highest BCUT2D eigenvalue weighted by atomic mass is 35.5. The van der Waals surface area contributed by atoms with Crippen molar-refractivity contribution in [2.24, 2.45) is 0 Å². The number of carbonyl (C=O) groups excluding carboxylic acids is 1. The Labute approximate surface area is 175 Å². The molecule has 1 unspecified atom stereocenters. The Morgan fingerprint density at radius 2 is 2.00 bits per heavy atom. The Morgan fingerprint density at radius 3 is 2.75 bits per heavy atom. The van der Waals surface area contributed by atoms with Crippen LogP contribution in [-0.4, -0.2) is 41.5 Å². The summed E-state index contributed by atoms with van der Waals surface area (Å²) in [5.41, 5.74) is 1.03. The van der Waals surface area contributed by atoms with Crippen LogP contribution in [0.25, 0.3) is 0 Å². The Kier molecular flexibility index (Phi) is 7.40. The number of halogens is 2. The molecule has 4 rings (SSSR count). The summed E-state index contributed by atoms with van der Waals surface area (Å²) < 4.78 is 13.1. The molecular formula is C20H26ClFN4OS. The van der Waals surface area contributed by atoms with E-state index in [2.05, 4.69) is 20.5 Å². The number of piperidine rings is 1. The van der Waals surface area contributed by atoms with Crippen molar-refractivity contribution in [3.05, 3.63) is 46.7 Å². The Morgan fingerprint density at radius 1 is 1.25 bits per heavy atom. The van der Waals surface area contributed by atoms with Gasteiger partial charge < -0.3 is 10.6 Å². The second-order valence-corrected chi connectivity index (χ2v) is 8.40. The van der Waals surface area contributed by atoms with Gasteiger partial charge in [-0.25, -0.2) is 9.37 Å². The average molecular weight is 425 g/mol. The average Bonchev–Trinajstić information content (AvgIpc) is 3.34. The number of aromatic nitrogens is 1. The van der Waals surface area contributed by atoms with Crippen LogP contribution in [-0.2, 0) is 11.3 Å². The number of anilines is 1. The molecule has 2 N–H and O–H groups in total. The molecule has 1 aromatic heterocycles. The molecule has 28 heavy (non-hydrogen) atoms. The van der Waals surface area contributed by atoms with Crippen LogP contribution < -0.4 is 10.6 Å². The van der Waals surface area contributed by atoms with Gasteiger partial charge in [0.1, 0.15) is 5.82 Å². The standard InChI is InChI=1S/C20H25FN4OS.ClH/c21-16-5-3-14(4-6-16)13-25-11-1-2-17(25)19(26)24-20-23-12-18(27-20)15-7-9-22-10-8-15;/h3-6,12,15,17,22H,1-2,7-11,13H2,(H,23,24,26);1H. The summed E-state index contributed by atoms with van der Waals surface area (Å²) in [6, 6.07) is 6.36. The van der Waals surface area contributed by atoms with E-state index >= 15 is 0 Å². The maximum atomic E-state index is 13.1. The van der Waals surface area contributed by atoms with Gasteiger partial charge in [-0.2, -0.15) is 0 Å². The number of hydrogen-bond donors (Lipinski definition) is 2. The smallest absolute Gasteiger partial charge is 0.243 e. The third-order valence-electron chi connectivity index (χ3n) is 5.46. The number of amides is 1. The molecule has 2 saturated heterocycles. The molecule has 1 aromatic carbocycles. The van der Waals surface area contributed by atoms with Crippen molar-refractivity contribution in [1.29, 1.82) is 0 Å². The number of benzene rings is 1. The van der Waals surface area contributed by atoms with Crippen molar-refractivity contribution < 1.29 is 9.18 Å². The van der Waals surface area contributed by atoms with Crippen LogP contribution >= 0.6 is 23.7 Å². The SMILES string of the molecule is Cl.O=C(Nc1ncc(C2CCNCC2)s1)C1CCCN1Cc1ccc(F)cc1. The van der Waals surface area contributed by atoms with E-state index in [0.29, 0.717) is 17.6 Å². The fourth-order valence-electron chi connectivity index (χ4n) is 3.96. The van der Waals surface area contributed by atoms with Crippen molar-refractivity contribution in [3.8, 4) is 0 Å². The summed E-state index contributed by atoms with van der Waals surface area (Å²) >= 11 is 1.60. The zero-order chi connectivity index (χ0) is 18.6. The molecule has 0 spiro atoms. The molecule has 8 heteroatoms. The van der Waals surface area contributed by atoms with Crippen LogP contribution in [0.1, 0.15) is 42.0 Å². The van der Waals surface area contributed by atoms with Gasteiger partial charge >= 0.3 is 0 Å². The van der Waals surface area contributed by atoms with Gasteiger partial charge in [0.2, 0.25) is 5.91 Å². The second kappa shape index (κ2) is 9.78. The van der Waals surface area contributed by atoms with E-state index in [1.807, 2.05) is 6.20 Å². The lowest BCUT2D eigenvalue weighted by Gasteiger charge is -2.23. The molecular weight excluding hydrogens is 399 g/mol. The van der Waals surface area contributed by atoms with Gasteiger partial charge in [-0.05, 0) is 68.9 Å². The molecule has 2 aliphatic heterocycles. The topological polar surface area (TPSA) is 57.3 Å². The van der Waals surface area contributed by atoms with Crippen LogP contribution in [0.5, 0.6) is 0 Å². The lowest BCUT2D eigenvalue weighted by atomic mass is 9.97. The van der Waals surface area contributed by atoms with E-state index in [1.165, 1.54) is 17.0 Å². The predicted molar refractivity (Wildman–Crippen MR) is 113 cm³/mol. The van der Waals surface area contributed by atoms with E-state index in [1.54, 1.807) is 23.5 Å². The van der Waals surface area contributed by atoms with Gasteiger partial charge in [0.15, 0.2) is 5.13 Å². The quantitative estimate of drug-likeness (QED) is 0.767. The van der Waals surface area contributed by atoms with Crippen molar-refractivity contribution in [2.45, 2.75) is 44.2 Å². The highest BCUT2D eigenvalue weighted by Gasteiger charge is 2.31. The molecule has 2 aliphatic rings. The molecule has 0 saturated carbocycles. The Hall–Kier alpha value is -1.54. The number of rotatable bonds is 5. The number of carbonyl (C=O) groups is 1. The van der Waals surface area contributed by atoms with Gasteiger partial charge in [-0.1, -0.05) is 12.1 Å². The summed E-state index contributed by atoms with van der Waals surface area (Å²) in [5, 5.41) is 7.09. The molecule has 2 fully saturated rings. The van der Waals surface area contributed by atoms with E-state index in [0.717, 1.165) is 50.9 Å². The van der Waals surface area contributed by atoms with Crippen LogP contribution in [0.15, 0.2) is 30.5 Å². The van der Waals surface area contributed by atoms with Gasteiger partial charge in [0.25, 0.3) is 0 Å². The normalized spacial score (nSPS) is 20.7. The van der Waals surface area contributed by atoms with E-state index < -0.39 is 0 Å². The van der Waals surface area contributed by atoms with Gasteiger partial charge in [-0.3, -0.25) is 9.69 Å². The molecule has 0 bridgehead atoms. The van der Waals surface area contributed by atoms with Gasteiger partial charge in [0, 0.05) is 17.6 Å². The largest absolute Gasteiger partial charge is 0.317 e. The molecule has 3 heterocycles. The molecule has 1 amide bonds. The first kappa shape index (κ1) is 21.2. The fourth-order valence-corrected chi connectivity index (χ4v) is 4.95. The summed E-state index contributed by atoms with van der Waals surface area (Å²) in [6.45, 7) is 3.64. The van der Waals surface area contributed by atoms with Crippen LogP contribution in [0.3, 0.4) is 0 Å². The molecule has 0 aliphatic carbocycles. The summed E-state index contributed by atoms with van der Waals surface area (Å²) in [6.07, 6.45) is 6.02. The van der Waals surface area contributed by atoms with Crippen molar-refractivity contribution in [3.63, 3.8) is 0 Å². The van der Waals surface area contributed by atoms with E-state index in [9.17, 15) is 9.18 Å². The minimum atomic E-state index is -0.234. The van der Waals surface area contributed by atoms with Crippen molar-refractivity contribution in [1.82, 2.24) is 15.2 Å². The van der Waals surface area contributed by atoms with Gasteiger partial charge in [-0.15, -0.1) is 23.7 Å². The molecule has 5 nitrogen and oxygen atoms in total. The Bertz CT molecular complexity index is 779. The summed E-state index contributed by atoms with van der Waals surface area (Å²) in [5.74, 6) is 0.333. The minimum Gasteiger partial charge on any atom is -0.317 e. The lowest BCUT2D eigenvalue weighted by Crippen LogP contribution is -2.39. The van der Waals surface area contributed by atoms with Crippen molar-refractivity contribution >= 4 is 34.8 Å².